The average Bonchev–Trinajstić information content (AvgIpc) is 2.86. The van der Waals surface area contributed by atoms with E-state index in [4.69, 9.17) is 9.15 Å². The van der Waals surface area contributed by atoms with Crippen LogP contribution in [0, 0.1) is 0 Å². The number of hydrogen-bond acceptors (Lipinski definition) is 3. The summed E-state index contributed by atoms with van der Waals surface area (Å²) in [6.45, 7) is 3.46. The van der Waals surface area contributed by atoms with Gasteiger partial charge in [-0.15, -0.1) is 0 Å². The van der Waals surface area contributed by atoms with E-state index in [0.717, 1.165) is 22.5 Å². The Labute approximate surface area is 122 Å². The summed E-state index contributed by atoms with van der Waals surface area (Å²) >= 11 is 3.45. The molecular weight excluding hydrogens is 306 g/mol. The average molecular weight is 324 g/mol. The highest BCUT2D eigenvalue weighted by atomic mass is 79.9. The SMILES string of the molecule is CCNC(c1ccc(Br)cc1)c1ccc(COC)o1. The summed E-state index contributed by atoms with van der Waals surface area (Å²) in [5, 5.41) is 3.44. The summed E-state index contributed by atoms with van der Waals surface area (Å²) in [4.78, 5) is 0. The second-order valence-corrected chi connectivity index (χ2v) is 5.20. The highest BCUT2D eigenvalue weighted by Crippen LogP contribution is 2.25. The first-order valence-corrected chi connectivity index (χ1v) is 7.10. The van der Waals surface area contributed by atoms with Crippen molar-refractivity contribution in [3.05, 3.63) is 58.0 Å². The van der Waals surface area contributed by atoms with Crippen molar-refractivity contribution in [3.8, 4) is 0 Å². The third kappa shape index (κ3) is 3.69. The zero-order valence-electron chi connectivity index (χ0n) is 11.2. The van der Waals surface area contributed by atoms with E-state index < -0.39 is 0 Å². The minimum atomic E-state index is 0.0729. The van der Waals surface area contributed by atoms with Crippen molar-refractivity contribution in [2.75, 3.05) is 13.7 Å². The molecule has 0 saturated carbocycles. The highest BCUT2D eigenvalue weighted by molar-refractivity contribution is 9.10. The molecule has 1 N–H and O–H groups in total. The van der Waals surface area contributed by atoms with Gasteiger partial charge in [-0.2, -0.15) is 0 Å². The molecule has 0 saturated heterocycles. The van der Waals surface area contributed by atoms with Crippen LogP contribution in [-0.4, -0.2) is 13.7 Å². The first-order valence-electron chi connectivity index (χ1n) is 6.31. The normalized spacial score (nSPS) is 12.6. The van der Waals surface area contributed by atoms with Gasteiger partial charge in [-0.05, 0) is 36.4 Å². The van der Waals surface area contributed by atoms with E-state index in [1.165, 1.54) is 5.56 Å². The molecule has 4 heteroatoms. The number of hydrogen-bond donors (Lipinski definition) is 1. The molecular formula is C15H18BrNO2. The molecule has 0 aliphatic carbocycles. The van der Waals surface area contributed by atoms with Gasteiger partial charge in [0.15, 0.2) is 0 Å². The molecule has 0 aliphatic rings. The van der Waals surface area contributed by atoms with Gasteiger partial charge in [0, 0.05) is 11.6 Å². The lowest BCUT2D eigenvalue weighted by atomic mass is 10.0. The molecule has 1 atom stereocenters. The minimum absolute atomic E-state index is 0.0729. The van der Waals surface area contributed by atoms with Crippen molar-refractivity contribution in [2.45, 2.75) is 19.6 Å². The molecule has 0 aliphatic heterocycles. The summed E-state index contributed by atoms with van der Waals surface area (Å²) in [7, 11) is 1.67. The van der Waals surface area contributed by atoms with Gasteiger partial charge in [0.2, 0.25) is 0 Å². The highest BCUT2D eigenvalue weighted by Gasteiger charge is 2.16. The fourth-order valence-corrected chi connectivity index (χ4v) is 2.28. The predicted molar refractivity (Wildman–Crippen MR) is 79.1 cm³/mol. The van der Waals surface area contributed by atoms with Crippen molar-refractivity contribution >= 4 is 15.9 Å². The monoisotopic (exact) mass is 323 g/mol. The van der Waals surface area contributed by atoms with E-state index in [-0.39, 0.29) is 6.04 Å². The van der Waals surface area contributed by atoms with Crippen molar-refractivity contribution in [1.82, 2.24) is 5.32 Å². The Balaban J connectivity index is 2.25. The molecule has 102 valence electrons. The predicted octanol–water partition coefficient (Wildman–Crippen LogP) is 3.89. The molecule has 3 nitrogen and oxygen atoms in total. The van der Waals surface area contributed by atoms with E-state index >= 15 is 0 Å². The van der Waals surface area contributed by atoms with Gasteiger partial charge in [-0.25, -0.2) is 0 Å². The van der Waals surface area contributed by atoms with Crippen LogP contribution in [0.25, 0.3) is 0 Å². The molecule has 0 fully saturated rings. The topological polar surface area (TPSA) is 34.4 Å². The van der Waals surface area contributed by atoms with E-state index in [2.05, 4.69) is 40.3 Å². The van der Waals surface area contributed by atoms with E-state index in [1.54, 1.807) is 7.11 Å². The molecule has 19 heavy (non-hydrogen) atoms. The Hall–Kier alpha value is -1.10. The number of methoxy groups -OCH3 is 1. The van der Waals surface area contributed by atoms with Gasteiger partial charge in [-0.1, -0.05) is 35.0 Å². The molecule has 2 aromatic rings. The van der Waals surface area contributed by atoms with Gasteiger partial charge in [-0.3, -0.25) is 0 Å². The molecule has 1 unspecified atom stereocenters. The summed E-state index contributed by atoms with van der Waals surface area (Å²) in [5.41, 5.74) is 1.18. The Kier molecular flexibility index (Phi) is 5.19. The first-order chi connectivity index (χ1) is 9.24. The molecule has 0 bridgehead atoms. The van der Waals surface area contributed by atoms with Crippen LogP contribution in [0.1, 0.15) is 30.0 Å². The second-order valence-electron chi connectivity index (χ2n) is 4.28. The summed E-state index contributed by atoms with van der Waals surface area (Å²) in [5.74, 6) is 1.76. The molecule has 0 radical (unpaired) electrons. The van der Waals surface area contributed by atoms with Gasteiger partial charge >= 0.3 is 0 Å². The maximum absolute atomic E-state index is 5.82. The fraction of sp³-hybridized carbons (Fsp3) is 0.333. The Morgan fingerprint density at radius 3 is 2.58 bits per heavy atom. The Bertz CT molecular complexity index is 507. The second kappa shape index (κ2) is 6.89. The van der Waals surface area contributed by atoms with Crippen LogP contribution < -0.4 is 5.32 Å². The van der Waals surface area contributed by atoms with Crippen molar-refractivity contribution in [1.29, 1.82) is 0 Å². The number of ether oxygens (including phenoxy) is 1. The van der Waals surface area contributed by atoms with E-state index in [1.807, 2.05) is 24.3 Å². The number of benzene rings is 1. The van der Waals surface area contributed by atoms with Crippen LogP contribution >= 0.6 is 15.9 Å². The first kappa shape index (κ1) is 14.3. The molecule has 0 spiro atoms. The summed E-state index contributed by atoms with van der Waals surface area (Å²) in [6, 6.07) is 12.3. The maximum atomic E-state index is 5.82. The number of furan rings is 1. The lowest BCUT2D eigenvalue weighted by Crippen LogP contribution is -2.21. The minimum Gasteiger partial charge on any atom is -0.462 e. The zero-order valence-corrected chi connectivity index (χ0v) is 12.7. The Morgan fingerprint density at radius 1 is 1.21 bits per heavy atom. The lowest BCUT2D eigenvalue weighted by molar-refractivity contribution is 0.162. The van der Waals surface area contributed by atoms with Gasteiger partial charge in [0.05, 0.1) is 6.04 Å². The smallest absolute Gasteiger partial charge is 0.129 e. The molecule has 0 amide bonds. The standard InChI is InChI=1S/C15H18BrNO2/c1-3-17-15(11-4-6-12(16)7-5-11)14-9-8-13(19-14)10-18-2/h4-9,15,17H,3,10H2,1-2H3. The van der Waals surface area contributed by atoms with E-state index in [0.29, 0.717) is 6.61 Å². The van der Waals surface area contributed by atoms with Crippen LogP contribution in [0.2, 0.25) is 0 Å². The van der Waals surface area contributed by atoms with Crippen molar-refractivity contribution in [2.24, 2.45) is 0 Å². The van der Waals surface area contributed by atoms with Gasteiger partial charge < -0.3 is 14.5 Å². The lowest BCUT2D eigenvalue weighted by Gasteiger charge is -2.16. The molecule has 2 rings (SSSR count). The number of halogens is 1. The maximum Gasteiger partial charge on any atom is 0.129 e. The largest absolute Gasteiger partial charge is 0.462 e. The quantitative estimate of drug-likeness (QED) is 0.875. The summed E-state index contributed by atoms with van der Waals surface area (Å²) < 4.78 is 12.0. The molecule has 1 heterocycles. The fourth-order valence-electron chi connectivity index (χ4n) is 2.01. The van der Waals surface area contributed by atoms with E-state index in [9.17, 15) is 0 Å². The zero-order chi connectivity index (χ0) is 13.7. The Morgan fingerprint density at radius 2 is 1.95 bits per heavy atom. The number of nitrogens with one attached hydrogen (secondary N) is 1. The third-order valence-electron chi connectivity index (χ3n) is 2.87. The van der Waals surface area contributed by atoms with Crippen LogP contribution in [0.4, 0.5) is 0 Å². The van der Waals surface area contributed by atoms with Crippen LogP contribution in [-0.2, 0) is 11.3 Å². The van der Waals surface area contributed by atoms with Crippen LogP contribution in [0.3, 0.4) is 0 Å². The van der Waals surface area contributed by atoms with Crippen LogP contribution in [0.5, 0.6) is 0 Å². The van der Waals surface area contributed by atoms with Crippen LogP contribution in [0.15, 0.2) is 45.3 Å². The van der Waals surface area contributed by atoms with Crippen molar-refractivity contribution < 1.29 is 9.15 Å². The molecule has 1 aromatic heterocycles. The van der Waals surface area contributed by atoms with Gasteiger partial charge in [0.1, 0.15) is 18.1 Å². The van der Waals surface area contributed by atoms with Crippen molar-refractivity contribution in [3.63, 3.8) is 0 Å². The molecule has 1 aromatic carbocycles. The third-order valence-corrected chi connectivity index (χ3v) is 3.39. The van der Waals surface area contributed by atoms with Gasteiger partial charge in [0.25, 0.3) is 0 Å². The summed E-state index contributed by atoms with van der Waals surface area (Å²) in [6.07, 6.45) is 0. The number of rotatable bonds is 6.